The number of allylic oxidation sites excluding steroid dienone is 4. The molecular formula is C14H18. The quantitative estimate of drug-likeness (QED) is 0.612. The smallest absolute Gasteiger partial charge is 0.0185 e. The van der Waals surface area contributed by atoms with Crippen LogP contribution in [0.25, 0.3) is 5.57 Å². The Bertz CT molecular complexity index is 324. The molecule has 1 aromatic carbocycles. The van der Waals surface area contributed by atoms with E-state index in [4.69, 9.17) is 0 Å². The van der Waals surface area contributed by atoms with Crippen LogP contribution < -0.4 is 0 Å². The molecule has 0 amide bonds. The fourth-order valence-electron chi connectivity index (χ4n) is 1.40. The van der Waals surface area contributed by atoms with Crippen molar-refractivity contribution in [3.63, 3.8) is 0 Å². The van der Waals surface area contributed by atoms with Crippen LogP contribution in [0, 0.1) is 0 Å². The van der Waals surface area contributed by atoms with Gasteiger partial charge in [0, 0.05) is 0 Å². The fourth-order valence-corrected chi connectivity index (χ4v) is 1.40. The third kappa shape index (κ3) is 2.88. The Labute approximate surface area is 87.0 Å². The van der Waals surface area contributed by atoms with E-state index in [9.17, 15) is 0 Å². The van der Waals surface area contributed by atoms with Crippen LogP contribution in [0.4, 0.5) is 0 Å². The van der Waals surface area contributed by atoms with Crippen LogP contribution in [0.2, 0.25) is 0 Å². The summed E-state index contributed by atoms with van der Waals surface area (Å²) in [5.41, 5.74) is 4.01. The van der Waals surface area contributed by atoms with Crippen LogP contribution in [0.3, 0.4) is 0 Å². The molecule has 0 aliphatic rings. The van der Waals surface area contributed by atoms with Crippen LogP contribution >= 0.6 is 0 Å². The summed E-state index contributed by atoms with van der Waals surface area (Å²) in [4.78, 5) is 0. The van der Waals surface area contributed by atoms with Gasteiger partial charge in [0.15, 0.2) is 0 Å². The maximum atomic E-state index is 2.21. The molecule has 1 aromatic rings. The van der Waals surface area contributed by atoms with Gasteiger partial charge in [0.2, 0.25) is 0 Å². The summed E-state index contributed by atoms with van der Waals surface area (Å²) in [5.74, 6) is 0. The van der Waals surface area contributed by atoms with Crippen molar-refractivity contribution in [2.24, 2.45) is 0 Å². The van der Waals surface area contributed by atoms with Crippen molar-refractivity contribution < 1.29 is 0 Å². The number of benzene rings is 1. The Kier molecular flexibility index (Phi) is 4.18. The minimum atomic E-state index is 1.09. The summed E-state index contributed by atoms with van der Waals surface area (Å²) >= 11 is 0. The summed E-state index contributed by atoms with van der Waals surface area (Å²) in [6, 6.07) is 10.5. The summed E-state index contributed by atoms with van der Waals surface area (Å²) < 4.78 is 0. The van der Waals surface area contributed by atoms with E-state index in [2.05, 4.69) is 63.3 Å². The van der Waals surface area contributed by atoms with Gasteiger partial charge in [0.1, 0.15) is 0 Å². The molecule has 0 fully saturated rings. The summed E-state index contributed by atoms with van der Waals surface area (Å²) in [5, 5.41) is 0. The van der Waals surface area contributed by atoms with Gasteiger partial charge in [-0.15, -0.1) is 0 Å². The van der Waals surface area contributed by atoms with Crippen molar-refractivity contribution in [2.75, 3.05) is 0 Å². The van der Waals surface area contributed by atoms with E-state index in [1.807, 2.05) is 0 Å². The van der Waals surface area contributed by atoms with Crippen molar-refractivity contribution in [1.82, 2.24) is 0 Å². The average Bonchev–Trinajstić information content (AvgIpc) is 2.19. The van der Waals surface area contributed by atoms with Crippen LogP contribution in [0.5, 0.6) is 0 Å². The van der Waals surface area contributed by atoms with Crippen molar-refractivity contribution >= 4 is 5.57 Å². The molecule has 0 aromatic heterocycles. The molecule has 74 valence electrons. The maximum absolute atomic E-state index is 2.21. The molecule has 0 unspecified atom stereocenters. The molecule has 0 spiro atoms. The van der Waals surface area contributed by atoms with Gasteiger partial charge in [0.25, 0.3) is 0 Å². The second kappa shape index (κ2) is 5.43. The average molecular weight is 186 g/mol. The first-order valence-corrected chi connectivity index (χ1v) is 5.15. The molecule has 0 aliphatic carbocycles. The van der Waals surface area contributed by atoms with E-state index >= 15 is 0 Å². The predicted octanol–water partition coefficient (Wildman–Crippen LogP) is 4.45. The minimum Gasteiger partial charge on any atom is -0.0842 e. The highest BCUT2D eigenvalue weighted by Gasteiger charge is 1.97. The molecule has 0 bridgehead atoms. The first kappa shape index (κ1) is 10.8. The molecule has 0 saturated carbocycles. The van der Waals surface area contributed by atoms with E-state index in [1.54, 1.807) is 0 Å². The number of rotatable bonds is 3. The number of hydrogen-bond acceptors (Lipinski definition) is 0. The topological polar surface area (TPSA) is 0 Å². The molecule has 0 heteroatoms. The second-order valence-corrected chi connectivity index (χ2v) is 3.59. The normalized spacial score (nSPS) is 10.5. The summed E-state index contributed by atoms with van der Waals surface area (Å²) in [6.45, 7) is 6.47. The summed E-state index contributed by atoms with van der Waals surface area (Å²) in [7, 11) is 0. The van der Waals surface area contributed by atoms with E-state index in [1.165, 1.54) is 16.7 Å². The third-order valence-corrected chi connectivity index (χ3v) is 2.14. The monoisotopic (exact) mass is 186 g/mol. The van der Waals surface area contributed by atoms with Gasteiger partial charge in [-0.2, -0.15) is 0 Å². The van der Waals surface area contributed by atoms with E-state index < -0.39 is 0 Å². The summed E-state index contributed by atoms with van der Waals surface area (Å²) in [6.07, 6.45) is 5.50. The lowest BCUT2D eigenvalue weighted by atomic mass is 10.0. The first-order valence-electron chi connectivity index (χ1n) is 5.15. The van der Waals surface area contributed by atoms with Crippen molar-refractivity contribution in [3.05, 3.63) is 53.6 Å². The van der Waals surface area contributed by atoms with Crippen LogP contribution in [0.1, 0.15) is 32.8 Å². The Balaban J connectivity index is 3.03. The Morgan fingerprint density at radius 1 is 1.14 bits per heavy atom. The molecule has 14 heavy (non-hydrogen) atoms. The van der Waals surface area contributed by atoms with Gasteiger partial charge in [-0.1, -0.05) is 55.0 Å². The van der Waals surface area contributed by atoms with Crippen LogP contribution in [-0.2, 0) is 0 Å². The Morgan fingerprint density at radius 3 is 2.29 bits per heavy atom. The Hall–Kier alpha value is -1.30. The van der Waals surface area contributed by atoms with Gasteiger partial charge in [-0.25, -0.2) is 0 Å². The predicted molar refractivity (Wildman–Crippen MR) is 64.1 cm³/mol. The van der Waals surface area contributed by atoms with Crippen LogP contribution in [-0.4, -0.2) is 0 Å². The van der Waals surface area contributed by atoms with Crippen LogP contribution in [0.15, 0.2) is 48.1 Å². The number of hydrogen-bond donors (Lipinski definition) is 0. The first-order chi connectivity index (χ1) is 6.75. The zero-order chi connectivity index (χ0) is 10.4. The highest BCUT2D eigenvalue weighted by molar-refractivity contribution is 5.75. The second-order valence-electron chi connectivity index (χ2n) is 3.59. The highest BCUT2D eigenvalue weighted by Crippen LogP contribution is 2.19. The molecule has 0 N–H and O–H groups in total. The van der Waals surface area contributed by atoms with E-state index in [0.717, 1.165) is 6.42 Å². The van der Waals surface area contributed by atoms with Gasteiger partial charge in [-0.05, 0) is 31.4 Å². The van der Waals surface area contributed by atoms with Gasteiger partial charge in [0.05, 0.1) is 0 Å². The third-order valence-electron chi connectivity index (χ3n) is 2.14. The van der Waals surface area contributed by atoms with Gasteiger partial charge < -0.3 is 0 Å². The molecule has 0 aliphatic heterocycles. The molecule has 0 saturated heterocycles. The van der Waals surface area contributed by atoms with E-state index in [-0.39, 0.29) is 0 Å². The molecule has 1 rings (SSSR count). The largest absolute Gasteiger partial charge is 0.0842 e. The standard InChI is InChI=1S/C14H18/c1-4-5-11-14(12(2)3)13-9-7-6-8-10-13/h5-11H,4H2,1-3H3. The lowest BCUT2D eigenvalue weighted by molar-refractivity contribution is 1.22. The van der Waals surface area contributed by atoms with Crippen molar-refractivity contribution in [1.29, 1.82) is 0 Å². The van der Waals surface area contributed by atoms with Gasteiger partial charge in [-0.3, -0.25) is 0 Å². The lowest BCUT2D eigenvalue weighted by Crippen LogP contribution is -1.82. The van der Waals surface area contributed by atoms with Crippen molar-refractivity contribution in [3.8, 4) is 0 Å². The Morgan fingerprint density at radius 2 is 1.79 bits per heavy atom. The zero-order valence-corrected chi connectivity index (χ0v) is 9.25. The SMILES string of the molecule is CCC=CC(=C(C)C)c1ccccc1. The van der Waals surface area contributed by atoms with Gasteiger partial charge >= 0.3 is 0 Å². The molecular weight excluding hydrogens is 168 g/mol. The lowest BCUT2D eigenvalue weighted by Gasteiger charge is -2.04. The molecule has 0 heterocycles. The maximum Gasteiger partial charge on any atom is -0.0185 e. The molecule has 0 atom stereocenters. The van der Waals surface area contributed by atoms with E-state index in [0.29, 0.717) is 0 Å². The molecule has 0 radical (unpaired) electrons. The van der Waals surface area contributed by atoms with Crippen molar-refractivity contribution in [2.45, 2.75) is 27.2 Å². The molecule has 0 nitrogen and oxygen atoms in total. The minimum absolute atomic E-state index is 1.09. The highest BCUT2D eigenvalue weighted by atomic mass is 14.0. The zero-order valence-electron chi connectivity index (χ0n) is 9.25. The fraction of sp³-hybridized carbons (Fsp3) is 0.286.